The molecule has 130 valence electrons. The van der Waals surface area contributed by atoms with Gasteiger partial charge in [-0.15, -0.1) is 0 Å². The average molecular weight is 331 g/mol. The molecule has 4 nitrogen and oxygen atoms in total. The van der Waals surface area contributed by atoms with Crippen molar-refractivity contribution in [1.29, 1.82) is 0 Å². The van der Waals surface area contributed by atoms with Crippen LogP contribution in [-0.2, 0) is 19.7 Å². The summed E-state index contributed by atoms with van der Waals surface area (Å²) in [5.41, 5.74) is 2.90. The molecule has 0 saturated heterocycles. The highest BCUT2D eigenvalue weighted by atomic mass is 19.1. The molecule has 1 fully saturated rings. The zero-order chi connectivity index (χ0) is 16.9. The first-order valence-electron chi connectivity index (χ1n) is 8.75. The highest BCUT2D eigenvalue weighted by Gasteiger charge is 2.19. The minimum Gasteiger partial charge on any atom is -0.473 e. The molecule has 1 aliphatic rings. The predicted molar refractivity (Wildman–Crippen MR) is 92.4 cm³/mol. The van der Waals surface area contributed by atoms with Gasteiger partial charge in [-0.25, -0.2) is 9.07 Å². The summed E-state index contributed by atoms with van der Waals surface area (Å²) in [6.07, 6.45) is 5.19. The highest BCUT2D eigenvalue weighted by molar-refractivity contribution is 5.26. The van der Waals surface area contributed by atoms with Gasteiger partial charge in [0.25, 0.3) is 0 Å². The summed E-state index contributed by atoms with van der Waals surface area (Å²) < 4.78 is 21.3. The van der Waals surface area contributed by atoms with Crippen LogP contribution in [0, 0.1) is 18.7 Å². The van der Waals surface area contributed by atoms with E-state index in [1.54, 1.807) is 12.1 Å². The van der Waals surface area contributed by atoms with Crippen molar-refractivity contribution < 1.29 is 9.13 Å². The summed E-state index contributed by atoms with van der Waals surface area (Å²) in [7, 11) is 1.92. The second-order valence-corrected chi connectivity index (χ2v) is 6.70. The van der Waals surface area contributed by atoms with Gasteiger partial charge in [-0.1, -0.05) is 18.9 Å². The first-order valence-corrected chi connectivity index (χ1v) is 8.75. The number of benzene rings is 1. The normalized spacial score (nSPS) is 15.1. The SMILES string of the molecule is CNCc1cc(OCc2ccc(F)cc2C)n(CC2CCCC2)n1. The standard InChI is InChI=1S/C19H26FN3O/c1-14-9-17(20)8-7-16(14)13-24-19-10-18(11-21-2)22-23(19)12-15-5-3-4-6-15/h7-10,15,21H,3-6,11-13H2,1-2H3. The van der Waals surface area contributed by atoms with E-state index in [0.29, 0.717) is 12.5 Å². The van der Waals surface area contributed by atoms with Gasteiger partial charge in [0.2, 0.25) is 5.88 Å². The number of nitrogens with zero attached hydrogens (tertiary/aromatic N) is 2. The molecular weight excluding hydrogens is 305 g/mol. The Morgan fingerprint density at radius 1 is 1.29 bits per heavy atom. The average Bonchev–Trinajstić information content (AvgIpc) is 3.18. The maximum Gasteiger partial charge on any atom is 0.212 e. The van der Waals surface area contributed by atoms with Gasteiger partial charge >= 0.3 is 0 Å². The second-order valence-electron chi connectivity index (χ2n) is 6.70. The molecule has 0 spiro atoms. The van der Waals surface area contributed by atoms with Crippen LogP contribution in [-0.4, -0.2) is 16.8 Å². The van der Waals surface area contributed by atoms with Crippen LogP contribution in [0.5, 0.6) is 5.88 Å². The van der Waals surface area contributed by atoms with Crippen molar-refractivity contribution in [3.05, 3.63) is 46.9 Å². The lowest BCUT2D eigenvalue weighted by molar-refractivity contribution is 0.261. The Kier molecular flexibility index (Phi) is 5.51. The van der Waals surface area contributed by atoms with Gasteiger partial charge in [-0.05, 0) is 56.0 Å². The Morgan fingerprint density at radius 2 is 2.08 bits per heavy atom. The molecule has 24 heavy (non-hydrogen) atoms. The lowest BCUT2D eigenvalue weighted by atomic mass is 10.1. The third-order valence-corrected chi connectivity index (χ3v) is 4.74. The van der Waals surface area contributed by atoms with Gasteiger partial charge in [0.1, 0.15) is 12.4 Å². The van der Waals surface area contributed by atoms with Gasteiger partial charge in [-0.3, -0.25) is 0 Å². The quantitative estimate of drug-likeness (QED) is 0.838. The molecule has 0 aliphatic heterocycles. The molecule has 1 aromatic carbocycles. The molecule has 2 aromatic rings. The fraction of sp³-hybridized carbons (Fsp3) is 0.526. The number of hydrogen-bond donors (Lipinski definition) is 1. The van der Waals surface area contributed by atoms with E-state index < -0.39 is 0 Å². The number of nitrogens with one attached hydrogen (secondary N) is 1. The Labute approximate surface area is 143 Å². The maximum atomic E-state index is 13.2. The molecule has 5 heteroatoms. The van der Waals surface area contributed by atoms with E-state index >= 15 is 0 Å². The Balaban J connectivity index is 1.72. The number of hydrogen-bond acceptors (Lipinski definition) is 3. The predicted octanol–water partition coefficient (Wildman–Crippen LogP) is 3.82. The van der Waals surface area contributed by atoms with E-state index in [1.165, 1.54) is 31.7 Å². The summed E-state index contributed by atoms with van der Waals surface area (Å²) in [4.78, 5) is 0. The molecule has 1 saturated carbocycles. The molecule has 0 atom stereocenters. The van der Waals surface area contributed by atoms with Crippen molar-refractivity contribution in [1.82, 2.24) is 15.1 Å². The Morgan fingerprint density at radius 3 is 2.79 bits per heavy atom. The first-order chi connectivity index (χ1) is 11.7. The van der Waals surface area contributed by atoms with Gasteiger partial charge in [-0.2, -0.15) is 5.10 Å². The van der Waals surface area contributed by atoms with Crippen molar-refractivity contribution in [2.75, 3.05) is 7.05 Å². The van der Waals surface area contributed by atoms with Gasteiger partial charge < -0.3 is 10.1 Å². The topological polar surface area (TPSA) is 39.1 Å². The van der Waals surface area contributed by atoms with Crippen molar-refractivity contribution >= 4 is 0 Å². The van der Waals surface area contributed by atoms with Crippen LogP contribution in [0.4, 0.5) is 4.39 Å². The lowest BCUT2D eigenvalue weighted by Crippen LogP contribution is -2.12. The molecular formula is C19H26FN3O. The summed E-state index contributed by atoms with van der Waals surface area (Å²) in [5, 5.41) is 7.82. The Hall–Kier alpha value is -1.88. The maximum absolute atomic E-state index is 13.2. The van der Waals surface area contributed by atoms with E-state index in [4.69, 9.17) is 4.74 Å². The van der Waals surface area contributed by atoms with Gasteiger partial charge in [0.05, 0.1) is 5.69 Å². The van der Waals surface area contributed by atoms with Crippen LogP contribution < -0.4 is 10.1 Å². The van der Waals surface area contributed by atoms with E-state index in [-0.39, 0.29) is 5.82 Å². The third-order valence-electron chi connectivity index (χ3n) is 4.74. The second kappa shape index (κ2) is 7.79. The molecule has 3 rings (SSSR count). The molecule has 1 aliphatic carbocycles. The van der Waals surface area contributed by atoms with Crippen LogP contribution in [0.1, 0.15) is 42.5 Å². The fourth-order valence-corrected chi connectivity index (χ4v) is 3.38. The fourth-order valence-electron chi connectivity index (χ4n) is 3.38. The minimum absolute atomic E-state index is 0.209. The van der Waals surface area contributed by atoms with Crippen LogP contribution in [0.3, 0.4) is 0 Å². The molecule has 0 bridgehead atoms. The summed E-state index contributed by atoms with van der Waals surface area (Å²) in [6.45, 7) is 3.98. The van der Waals surface area contributed by atoms with Crippen LogP contribution >= 0.6 is 0 Å². The van der Waals surface area contributed by atoms with E-state index in [2.05, 4.69) is 10.4 Å². The largest absolute Gasteiger partial charge is 0.473 e. The number of rotatable bonds is 7. The summed E-state index contributed by atoms with van der Waals surface area (Å²) in [6, 6.07) is 6.82. The minimum atomic E-state index is -0.209. The monoisotopic (exact) mass is 331 g/mol. The van der Waals surface area contributed by atoms with Crippen molar-refractivity contribution in [2.24, 2.45) is 5.92 Å². The summed E-state index contributed by atoms with van der Waals surface area (Å²) in [5.74, 6) is 1.29. The number of aromatic nitrogens is 2. The highest BCUT2D eigenvalue weighted by Crippen LogP contribution is 2.28. The number of halogens is 1. The molecule has 1 N–H and O–H groups in total. The molecule has 1 heterocycles. The molecule has 0 unspecified atom stereocenters. The zero-order valence-electron chi connectivity index (χ0n) is 14.5. The first kappa shape index (κ1) is 17.0. The molecule has 0 radical (unpaired) electrons. The van der Waals surface area contributed by atoms with Crippen LogP contribution in [0.15, 0.2) is 24.3 Å². The van der Waals surface area contributed by atoms with E-state index in [0.717, 1.165) is 35.8 Å². The molecule has 0 amide bonds. The summed E-state index contributed by atoms with van der Waals surface area (Å²) >= 11 is 0. The van der Waals surface area contributed by atoms with Crippen molar-refractivity contribution in [3.63, 3.8) is 0 Å². The van der Waals surface area contributed by atoms with E-state index in [9.17, 15) is 4.39 Å². The molecule has 1 aromatic heterocycles. The Bertz CT molecular complexity index is 677. The smallest absolute Gasteiger partial charge is 0.212 e. The van der Waals surface area contributed by atoms with E-state index in [1.807, 2.05) is 24.7 Å². The number of aryl methyl sites for hydroxylation is 1. The van der Waals surface area contributed by atoms with Crippen LogP contribution in [0.25, 0.3) is 0 Å². The van der Waals surface area contributed by atoms with Gasteiger partial charge in [0.15, 0.2) is 0 Å². The van der Waals surface area contributed by atoms with Gasteiger partial charge in [0, 0.05) is 19.2 Å². The number of ether oxygens (including phenoxy) is 1. The van der Waals surface area contributed by atoms with Crippen LogP contribution in [0.2, 0.25) is 0 Å². The zero-order valence-corrected chi connectivity index (χ0v) is 14.5. The van der Waals surface area contributed by atoms with Crippen molar-refractivity contribution in [3.8, 4) is 5.88 Å². The van der Waals surface area contributed by atoms with Crippen molar-refractivity contribution in [2.45, 2.75) is 52.3 Å². The lowest BCUT2D eigenvalue weighted by Gasteiger charge is -2.13. The third kappa shape index (κ3) is 4.15.